The molecule has 0 spiro atoms. The molecule has 3 aromatic rings. The molecule has 2 aliphatic rings. The van der Waals surface area contributed by atoms with Gasteiger partial charge < -0.3 is 19.1 Å². The molecule has 5 rings (SSSR count). The number of methoxy groups -OCH3 is 1. The van der Waals surface area contributed by atoms with E-state index in [1.54, 1.807) is 24.7 Å². The number of fused-ring (bicyclic) bond motifs is 5. The van der Waals surface area contributed by atoms with Gasteiger partial charge in [-0.25, -0.2) is 9.78 Å². The summed E-state index contributed by atoms with van der Waals surface area (Å²) in [6.45, 7) is 2.32. The molecule has 2 aromatic heterocycles. The molecule has 0 unspecified atom stereocenters. The number of pyridine rings is 2. The van der Waals surface area contributed by atoms with E-state index in [1.165, 1.54) is 0 Å². The monoisotopic (exact) mass is 392 g/mol. The first kappa shape index (κ1) is 18.0. The van der Waals surface area contributed by atoms with Gasteiger partial charge in [-0.2, -0.15) is 0 Å². The number of nitrogens with zero attached hydrogens (tertiary/aromatic N) is 2. The number of cyclic esters (lactones) is 1. The van der Waals surface area contributed by atoms with Crippen molar-refractivity contribution in [3.05, 3.63) is 62.9 Å². The molecule has 0 saturated carbocycles. The van der Waals surface area contributed by atoms with Gasteiger partial charge in [0.25, 0.3) is 5.56 Å². The smallest absolute Gasteiger partial charge is 0.343 e. The molecule has 0 radical (unpaired) electrons. The third-order valence-corrected chi connectivity index (χ3v) is 6.00. The van der Waals surface area contributed by atoms with Crippen molar-refractivity contribution in [2.75, 3.05) is 7.11 Å². The van der Waals surface area contributed by atoms with Crippen molar-refractivity contribution in [2.24, 2.45) is 0 Å². The van der Waals surface area contributed by atoms with Crippen molar-refractivity contribution >= 4 is 16.9 Å². The Labute approximate surface area is 166 Å². The number of carbonyl (C=O) groups excluding carboxylic acids is 1. The summed E-state index contributed by atoms with van der Waals surface area (Å²) in [5.41, 5.74) is 2.58. The fourth-order valence-electron chi connectivity index (χ4n) is 4.42. The minimum atomic E-state index is -1.82. The third-order valence-electron chi connectivity index (χ3n) is 6.00. The highest BCUT2D eigenvalue weighted by Gasteiger charge is 2.45. The Morgan fingerprint density at radius 2 is 2.07 bits per heavy atom. The molecule has 0 amide bonds. The first-order valence-corrected chi connectivity index (χ1v) is 9.56. The lowest BCUT2D eigenvalue weighted by Gasteiger charge is -2.31. The van der Waals surface area contributed by atoms with E-state index in [9.17, 15) is 14.7 Å². The maximum absolute atomic E-state index is 13.2. The molecule has 0 saturated heterocycles. The van der Waals surface area contributed by atoms with Crippen LogP contribution in [-0.2, 0) is 39.6 Å². The maximum Gasteiger partial charge on any atom is 0.343 e. The number of ether oxygens (including phenoxy) is 2. The number of hydrogen-bond donors (Lipinski definition) is 1. The molecule has 148 valence electrons. The molecule has 1 N–H and O–H groups in total. The molecule has 0 fully saturated rings. The molecule has 29 heavy (non-hydrogen) atoms. The number of para-hydroxylation sites is 1. The molecule has 1 aromatic carbocycles. The van der Waals surface area contributed by atoms with E-state index in [2.05, 4.69) is 0 Å². The molecule has 7 heteroatoms. The summed E-state index contributed by atoms with van der Waals surface area (Å²) < 4.78 is 12.2. The van der Waals surface area contributed by atoms with Crippen LogP contribution in [0.5, 0.6) is 0 Å². The van der Waals surface area contributed by atoms with Crippen LogP contribution in [0, 0.1) is 0 Å². The average molecular weight is 392 g/mol. The van der Waals surface area contributed by atoms with Gasteiger partial charge in [0.1, 0.15) is 6.61 Å². The van der Waals surface area contributed by atoms with Crippen molar-refractivity contribution in [1.82, 2.24) is 9.55 Å². The lowest BCUT2D eigenvalue weighted by atomic mass is 9.86. The van der Waals surface area contributed by atoms with Crippen molar-refractivity contribution in [1.29, 1.82) is 0 Å². The Morgan fingerprint density at radius 1 is 1.28 bits per heavy atom. The Morgan fingerprint density at radius 3 is 2.83 bits per heavy atom. The van der Waals surface area contributed by atoms with E-state index in [0.717, 1.165) is 22.0 Å². The lowest BCUT2D eigenvalue weighted by molar-refractivity contribution is -0.172. The number of carbonyl (C=O) groups is 1. The second-order valence-corrected chi connectivity index (χ2v) is 7.47. The fraction of sp³-hybridized carbons (Fsp3) is 0.318. The second-order valence-electron chi connectivity index (χ2n) is 7.47. The minimum absolute atomic E-state index is 0.120. The highest BCUT2D eigenvalue weighted by atomic mass is 16.6. The second kappa shape index (κ2) is 6.23. The molecule has 1 atom stereocenters. The molecule has 0 aliphatic carbocycles. The van der Waals surface area contributed by atoms with Crippen molar-refractivity contribution in [3.8, 4) is 11.4 Å². The van der Waals surface area contributed by atoms with Crippen molar-refractivity contribution < 1.29 is 19.4 Å². The average Bonchev–Trinajstić information content (AvgIpc) is 3.10. The Kier molecular flexibility index (Phi) is 3.88. The van der Waals surface area contributed by atoms with Crippen LogP contribution < -0.4 is 5.56 Å². The fourth-order valence-corrected chi connectivity index (χ4v) is 4.42. The van der Waals surface area contributed by atoms with Gasteiger partial charge in [0.05, 0.1) is 35.6 Å². The quantitative estimate of drug-likeness (QED) is 0.538. The summed E-state index contributed by atoms with van der Waals surface area (Å²) in [7, 11) is 1.64. The predicted octanol–water partition coefficient (Wildman–Crippen LogP) is 2.23. The van der Waals surface area contributed by atoms with Gasteiger partial charge in [-0.05, 0) is 24.1 Å². The van der Waals surface area contributed by atoms with Gasteiger partial charge in [-0.1, -0.05) is 25.1 Å². The molecular weight excluding hydrogens is 372 g/mol. The first-order chi connectivity index (χ1) is 14.0. The van der Waals surface area contributed by atoms with Crippen LogP contribution in [0.15, 0.2) is 35.1 Å². The molecule has 0 bridgehead atoms. The summed E-state index contributed by atoms with van der Waals surface area (Å²) in [4.78, 5) is 30.3. The minimum Gasteiger partial charge on any atom is -0.458 e. The van der Waals surface area contributed by atoms with Gasteiger partial charge in [0, 0.05) is 23.6 Å². The van der Waals surface area contributed by atoms with E-state index >= 15 is 0 Å². The summed E-state index contributed by atoms with van der Waals surface area (Å²) in [5.74, 6) is -0.721. The zero-order valence-corrected chi connectivity index (χ0v) is 16.2. The number of hydrogen-bond acceptors (Lipinski definition) is 6. The van der Waals surface area contributed by atoms with Crippen LogP contribution in [-0.4, -0.2) is 27.7 Å². The van der Waals surface area contributed by atoms with E-state index in [-0.39, 0.29) is 18.6 Å². The standard InChI is InChI=1S/C22H20N2O5/c1-3-22(27)16-8-18-19-13(9-24(18)20(25)15(16)11-29-21(22)26)14(10-28-2)12-6-4-5-7-17(12)23-19/h4-8,27H,3,9-11H2,1-2H3/t22-/m0/s1. The Balaban J connectivity index is 1.83. The normalized spacial score (nSPS) is 19.6. The zero-order chi connectivity index (χ0) is 20.3. The third kappa shape index (κ3) is 2.34. The van der Waals surface area contributed by atoms with Crippen LogP contribution >= 0.6 is 0 Å². The maximum atomic E-state index is 13.2. The van der Waals surface area contributed by atoms with Gasteiger partial charge >= 0.3 is 5.97 Å². The highest BCUT2D eigenvalue weighted by molar-refractivity contribution is 5.89. The van der Waals surface area contributed by atoms with Gasteiger partial charge in [0.2, 0.25) is 0 Å². The number of aromatic nitrogens is 2. The topological polar surface area (TPSA) is 90.7 Å². The number of esters is 1. The van der Waals surface area contributed by atoms with Crippen LogP contribution in [0.1, 0.15) is 35.6 Å². The van der Waals surface area contributed by atoms with E-state index in [1.807, 2.05) is 24.3 Å². The van der Waals surface area contributed by atoms with E-state index in [0.29, 0.717) is 35.7 Å². The van der Waals surface area contributed by atoms with E-state index < -0.39 is 11.6 Å². The molecule has 4 heterocycles. The SMILES string of the molecule is CC[C@@]1(O)C(=O)OCc2c1cc1n(c2=O)Cc2c-1nc1ccccc1c2COC. The summed E-state index contributed by atoms with van der Waals surface area (Å²) in [6.07, 6.45) is 0.120. The summed E-state index contributed by atoms with van der Waals surface area (Å²) in [6, 6.07) is 9.51. The largest absolute Gasteiger partial charge is 0.458 e. The van der Waals surface area contributed by atoms with Crippen LogP contribution in [0.2, 0.25) is 0 Å². The van der Waals surface area contributed by atoms with Crippen LogP contribution in [0.25, 0.3) is 22.3 Å². The van der Waals surface area contributed by atoms with Gasteiger partial charge in [-0.15, -0.1) is 0 Å². The number of benzene rings is 1. The van der Waals surface area contributed by atoms with Gasteiger partial charge in [-0.3, -0.25) is 4.79 Å². The van der Waals surface area contributed by atoms with E-state index in [4.69, 9.17) is 14.5 Å². The van der Waals surface area contributed by atoms with Crippen molar-refractivity contribution in [3.63, 3.8) is 0 Å². The Hall–Kier alpha value is -3.03. The Bertz CT molecular complexity index is 1250. The van der Waals surface area contributed by atoms with Crippen LogP contribution in [0.4, 0.5) is 0 Å². The molecule has 7 nitrogen and oxygen atoms in total. The highest BCUT2D eigenvalue weighted by Crippen LogP contribution is 2.40. The van der Waals surface area contributed by atoms with Crippen molar-refractivity contribution in [2.45, 2.75) is 38.7 Å². The first-order valence-electron chi connectivity index (χ1n) is 9.56. The van der Waals surface area contributed by atoms with Crippen LogP contribution in [0.3, 0.4) is 0 Å². The molecule has 2 aliphatic heterocycles. The number of aliphatic hydroxyl groups is 1. The zero-order valence-electron chi connectivity index (χ0n) is 16.2. The predicted molar refractivity (Wildman–Crippen MR) is 105 cm³/mol. The van der Waals surface area contributed by atoms with Gasteiger partial charge in [0.15, 0.2) is 5.60 Å². The number of rotatable bonds is 3. The lowest BCUT2D eigenvalue weighted by Crippen LogP contribution is -2.44. The molecular formula is C22H20N2O5. The summed E-state index contributed by atoms with van der Waals surface area (Å²) in [5, 5.41) is 11.9. The summed E-state index contributed by atoms with van der Waals surface area (Å²) >= 11 is 0.